The van der Waals surface area contributed by atoms with Gasteiger partial charge in [0.05, 0.1) is 0 Å². The number of para-hydroxylation sites is 1. The van der Waals surface area contributed by atoms with Gasteiger partial charge in [-0.15, -0.1) is 0 Å². The highest BCUT2D eigenvalue weighted by molar-refractivity contribution is 5.95. The van der Waals surface area contributed by atoms with Gasteiger partial charge in [0, 0.05) is 17.3 Å². The van der Waals surface area contributed by atoms with Gasteiger partial charge in [-0.05, 0) is 49.2 Å². The zero-order chi connectivity index (χ0) is 18.4. The third kappa shape index (κ3) is 4.42. The molecule has 5 nitrogen and oxygen atoms in total. The van der Waals surface area contributed by atoms with Crippen LogP contribution in [0.5, 0.6) is 5.75 Å². The Labute approximate surface area is 153 Å². The normalized spacial score (nSPS) is 14.6. The molecule has 0 bridgehead atoms. The fourth-order valence-electron chi connectivity index (χ4n) is 3.42. The van der Waals surface area contributed by atoms with Gasteiger partial charge in [-0.2, -0.15) is 0 Å². The van der Waals surface area contributed by atoms with Crippen molar-refractivity contribution in [3.05, 3.63) is 60.2 Å². The van der Waals surface area contributed by atoms with Gasteiger partial charge in [-0.1, -0.05) is 37.5 Å². The van der Waals surface area contributed by atoms with Crippen molar-refractivity contribution in [3.8, 4) is 5.75 Å². The largest absolute Gasteiger partial charge is 0.484 e. The SMILES string of the molecule is NC(=O)c1ccc(OCC(=O)N(c2ccccc2)C2CCCCC2)cc1. The monoisotopic (exact) mass is 352 g/mol. The highest BCUT2D eigenvalue weighted by Crippen LogP contribution is 2.27. The number of carbonyl (C=O) groups excluding carboxylic acids is 2. The Hall–Kier alpha value is -2.82. The van der Waals surface area contributed by atoms with Crippen molar-refractivity contribution >= 4 is 17.5 Å². The first-order valence-corrected chi connectivity index (χ1v) is 9.05. The van der Waals surface area contributed by atoms with E-state index in [4.69, 9.17) is 10.5 Å². The topological polar surface area (TPSA) is 72.6 Å². The van der Waals surface area contributed by atoms with E-state index in [1.807, 2.05) is 35.2 Å². The van der Waals surface area contributed by atoms with Crippen LogP contribution < -0.4 is 15.4 Å². The molecule has 3 rings (SSSR count). The molecule has 2 amide bonds. The van der Waals surface area contributed by atoms with E-state index in [0.29, 0.717) is 11.3 Å². The first-order chi connectivity index (χ1) is 12.6. The molecule has 0 heterocycles. The van der Waals surface area contributed by atoms with Crippen molar-refractivity contribution in [1.29, 1.82) is 0 Å². The second kappa shape index (κ2) is 8.52. The molecule has 0 unspecified atom stereocenters. The average molecular weight is 352 g/mol. The van der Waals surface area contributed by atoms with Gasteiger partial charge in [0.1, 0.15) is 5.75 Å². The molecule has 2 aromatic rings. The maximum atomic E-state index is 12.9. The minimum absolute atomic E-state index is 0.0404. The second-order valence-corrected chi connectivity index (χ2v) is 6.57. The van der Waals surface area contributed by atoms with Crippen LogP contribution in [0.15, 0.2) is 54.6 Å². The molecular weight excluding hydrogens is 328 g/mol. The number of hydrogen-bond acceptors (Lipinski definition) is 3. The average Bonchev–Trinajstić information content (AvgIpc) is 2.68. The van der Waals surface area contributed by atoms with Crippen molar-refractivity contribution in [1.82, 2.24) is 0 Å². The molecule has 136 valence electrons. The molecule has 26 heavy (non-hydrogen) atoms. The van der Waals surface area contributed by atoms with E-state index < -0.39 is 5.91 Å². The van der Waals surface area contributed by atoms with Crippen molar-refractivity contribution in [2.75, 3.05) is 11.5 Å². The smallest absolute Gasteiger partial charge is 0.265 e. The van der Waals surface area contributed by atoms with Gasteiger partial charge < -0.3 is 15.4 Å². The molecule has 0 radical (unpaired) electrons. The lowest BCUT2D eigenvalue weighted by Gasteiger charge is -2.34. The molecule has 2 aromatic carbocycles. The lowest BCUT2D eigenvalue weighted by Crippen LogP contribution is -2.44. The Bertz CT molecular complexity index is 738. The second-order valence-electron chi connectivity index (χ2n) is 6.57. The van der Waals surface area contributed by atoms with Crippen LogP contribution in [0.4, 0.5) is 5.69 Å². The number of rotatable bonds is 6. The Morgan fingerprint density at radius 1 is 0.962 bits per heavy atom. The van der Waals surface area contributed by atoms with E-state index in [1.54, 1.807) is 24.3 Å². The summed E-state index contributed by atoms with van der Waals surface area (Å²) in [6, 6.07) is 16.5. The number of hydrogen-bond donors (Lipinski definition) is 1. The van der Waals surface area contributed by atoms with E-state index in [9.17, 15) is 9.59 Å². The van der Waals surface area contributed by atoms with Gasteiger partial charge >= 0.3 is 0 Å². The first-order valence-electron chi connectivity index (χ1n) is 9.05. The van der Waals surface area contributed by atoms with E-state index in [1.165, 1.54) is 6.42 Å². The summed E-state index contributed by atoms with van der Waals surface area (Å²) >= 11 is 0. The first kappa shape index (κ1) is 18.0. The Morgan fingerprint density at radius 3 is 2.23 bits per heavy atom. The molecule has 1 fully saturated rings. The van der Waals surface area contributed by atoms with Gasteiger partial charge in [0.25, 0.3) is 5.91 Å². The quantitative estimate of drug-likeness (QED) is 0.864. The van der Waals surface area contributed by atoms with Gasteiger partial charge in [-0.3, -0.25) is 9.59 Å². The lowest BCUT2D eigenvalue weighted by atomic mass is 9.93. The summed E-state index contributed by atoms with van der Waals surface area (Å²) in [5.74, 6) is 0.00209. The summed E-state index contributed by atoms with van der Waals surface area (Å²) in [6.07, 6.45) is 5.57. The molecule has 0 atom stereocenters. The minimum atomic E-state index is -0.486. The Morgan fingerprint density at radius 2 is 1.62 bits per heavy atom. The summed E-state index contributed by atoms with van der Waals surface area (Å²) < 4.78 is 5.65. The van der Waals surface area contributed by atoms with E-state index >= 15 is 0 Å². The summed E-state index contributed by atoms with van der Waals surface area (Å²) in [4.78, 5) is 25.9. The molecule has 1 saturated carbocycles. The third-order valence-electron chi connectivity index (χ3n) is 4.74. The molecule has 0 spiro atoms. The highest BCUT2D eigenvalue weighted by Gasteiger charge is 2.27. The standard InChI is InChI=1S/C21H24N2O3/c22-21(25)16-11-13-19(14-12-16)26-15-20(24)23(17-7-3-1-4-8-17)18-9-5-2-6-10-18/h1,3-4,7-8,11-14,18H,2,5-6,9-10,15H2,(H2,22,25). The van der Waals surface area contributed by atoms with Crippen LogP contribution in [-0.4, -0.2) is 24.5 Å². The van der Waals surface area contributed by atoms with Crippen LogP contribution in [0.3, 0.4) is 0 Å². The van der Waals surface area contributed by atoms with Crippen LogP contribution in [-0.2, 0) is 4.79 Å². The van der Waals surface area contributed by atoms with Gasteiger partial charge in [-0.25, -0.2) is 0 Å². The van der Waals surface area contributed by atoms with Crippen molar-refractivity contribution < 1.29 is 14.3 Å². The minimum Gasteiger partial charge on any atom is -0.484 e. The predicted octanol–water partition coefficient (Wildman–Crippen LogP) is 3.53. The van der Waals surface area contributed by atoms with E-state index in [2.05, 4.69) is 0 Å². The summed E-state index contributed by atoms with van der Waals surface area (Å²) in [5.41, 5.74) is 6.56. The summed E-state index contributed by atoms with van der Waals surface area (Å²) in [6.45, 7) is -0.0404. The predicted molar refractivity (Wildman–Crippen MR) is 101 cm³/mol. The zero-order valence-corrected chi connectivity index (χ0v) is 14.8. The van der Waals surface area contributed by atoms with Crippen LogP contribution in [0.2, 0.25) is 0 Å². The highest BCUT2D eigenvalue weighted by atomic mass is 16.5. The van der Waals surface area contributed by atoms with Crippen molar-refractivity contribution in [3.63, 3.8) is 0 Å². The molecule has 5 heteroatoms. The molecular formula is C21H24N2O3. The number of ether oxygens (including phenoxy) is 1. The lowest BCUT2D eigenvalue weighted by molar-refractivity contribution is -0.121. The number of nitrogens with two attached hydrogens (primary N) is 1. The van der Waals surface area contributed by atoms with Crippen LogP contribution in [0.1, 0.15) is 42.5 Å². The maximum Gasteiger partial charge on any atom is 0.265 e. The Balaban J connectivity index is 1.70. The number of anilines is 1. The number of primary amides is 1. The molecule has 0 aromatic heterocycles. The van der Waals surface area contributed by atoms with Crippen LogP contribution in [0.25, 0.3) is 0 Å². The molecule has 0 aliphatic heterocycles. The van der Waals surface area contributed by atoms with E-state index in [-0.39, 0.29) is 18.6 Å². The summed E-state index contributed by atoms with van der Waals surface area (Å²) in [5, 5.41) is 0. The fraction of sp³-hybridized carbons (Fsp3) is 0.333. The summed E-state index contributed by atoms with van der Waals surface area (Å²) in [7, 11) is 0. The maximum absolute atomic E-state index is 12.9. The number of benzene rings is 2. The molecule has 1 aliphatic rings. The van der Waals surface area contributed by atoms with Crippen molar-refractivity contribution in [2.45, 2.75) is 38.1 Å². The zero-order valence-electron chi connectivity index (χ0n) is 14.8. The Kier molecular flexibility index (Phi) is 5.89. The number of carbonyl (C=O) groups is 2. The fourth-order valence-corrected chi connectivity index (χ4v) is 3.42. The van der Waals surface area contributed by atoms with Crippen molar-refractivity contribution in [2.24, 2.45) is 5.73 Å². The molecule has 1 aliphatic carbocycles. The number of nitrogens with zero attached hydrogens (tertiary/aromatic N) is 1. The van der Waals surface area contributed by atoms with Crippen LogP contribution >= 0.6 is 0 Å². The van der Waals surface area contributed by atoms with Gasteiger partial charge in [0.2, 0.25) is 5.91 Å². The van der Waals surface area contributed by atoms with E-state index in [0.717, 1.165) is 31.4 Å². The molecule has 0 saturated heterocycles. The number of amides is 2. The van der Waals surface area contributed by atoms with Gasteiger partial charge in [0.15, 0.2) is 6.61 Å². The molecule has 2 N–H and O–H groups in total. The van der Waals surface area contributed by atoms with Crippen LogP contribution in [0, 0.1) is 0 Å². The third-order valence-corrected chi connectivity index (χ3v) is 4.74.